The molecule has 0 fully saturated rings. The van der Waals surface area contributed by atoms with Crippen LogP contribution in [0.4, 0.5) is 10.1 Å². The SMILES string of the molecule is Oc1ccc(CNc2ccc(Br)cc2F)cc1Cl. The van der Waals surface area contributed by atoms with Crippen LogP contribution in [0.15, 0.2) is 40.9 Å². The predicted molar refractivity (Wildman–Crippen MR) is 74.5 cm³/mol. The predicted octanol–water partition coefficient (Wildman–Crippen LogP) is 4.56. The molecule has 0 spiro atoms. The molecule has 0 aliphatic heterocycles. The maximum Gasteiger partial charge on any atom is 0.147 e. The van der Waals surface area contributed by atoms with Crippen molar-refractivity contribution in [3.05, 3.63) is 57.3 Å². The van der Waals surface area contributed by atoms with Gasteiger partial charge < -0.3 is 10.4 Å². The first-order chi connectivity index (χ1) is 8.56. The third kappa shape index (κ3) is 3.15. The average Bonchev–Trinajstić information content (AvgIpc) is 2.32. The topological polar surface area (TPSA) is 32.3 Å². The van der Waals surface area contributed by atoms with Crippen molar-refractivity contribution in [2.45, 2.75) is 6.54 Å². The van der Waals surface area contributed by atoms with Crippen LogP contribution >= 0.6 is 27.5 Å². The Bertz CT molecular complexity index is 577. The van der Waals surface area contributed by atoms with E-state index in [4.69, 9.17) is 11.6 Å². The van der Waals surface area contributed by atoms with Crippen molar-refractivity contribution in [1.82, 2.24) is 0 Å². The van der Waals surface area contributed by atoms with Crippen molar-refractivity contribution in [3.63, 3.8) is 0 Å². The molecule has 5 heteroatoms. The van der Waals surface area contributed by atoms with Gasteiger partial charge in [-0.05, 0) is 35.9 Å². The first kappa shape index (κ1) is 13.2. The summed E-state index contributed by atoms with van der Waals surface area (Å²) in [6, 6.07) is 9.69. The number of aromatic hydroxyl groups is 1. The number of hydrogen-bond acceptors (Lipinski definition) is 2. The summed E-state index contributed by atoms with van der Waals surface area (Å²) in [6.07, 6.45) is 0. The Labute approximate surface area is 118 Å². The summed E-state index contributed by atoms with van der Waals surface area (Å²) in [7, 11) is 0. The fourth-order valence-electron chi connectivity index (χ4n) is 1.49. The smallest absolute Gasteiger partial charge is 0.147 e. The van der Waals surface area contributed by atoms with E-state index in [-0.39, 0.29) is 16.6 Å². The molecule has 2 aromatic carbocycles. The van der Waals surface area contributed by atoms with Crippen LogP contribution in [-0.4, -0.2) is 5.11 Å². The summed E-state index contributed by atoms with van der Waals surface area (Å²) >= 11 is 8.99. The highest BCUT2D eigenvalue weighted by molar-refractivity contribution is 9.10. The molecule has 0 heterocycles. The molecular weight excluding hydrogens is 321 g/mol. The molecule has 0 aliphatic carbocycles. The molecule has 0 unspecified atom stereocenters. The van der Waals surface area contributed by atoms with Gasteiger partial charge >= 0.3 is 0 Å². The maximum atomic E-state index is 13.5. The van der Waals surface area contributed by atoms with Gasteiger partial charge in [0.05, 0.1) is 10.7 Å². The average molecular weight is 331 g/mol. The second kappa shape index (κ2) is 5.59. The van der Waals surface area contributed by atoms with Crippen LogP contribution < -0.4 is 5.32 Å². The standard InChI is InChI=1S/C13H10BrClFNO/c14-9-2-3-12(11(16)6-9)17-7-8-1-4-13(18)10(15)5-8/h1-6,17-18H,7H2. The van der Waals surface area contributed by atoms with Crippen molar-refractivity contribution in [2.75, 3.05) is 5.32 Å². The van der Waals surface area contributed by atoms with E-state index in [9.17, 15) is 9.50 Å². The van der Waals surface area contributed by atoms with Crippen LogP contribution in [0.2, 0.25) is 5.02 Å². The Morgan fingerprint density at radius 2 is 2.00 bits per heavy atom. The van der Waals surface area contributed by atoms with E-state index in [0.29, 0.717) is 16.7 Å². The van der Waals surface area contributed by atoms with Crippen LogP contribution in [0.5, 0.6) is 5.75 Å². The van der Waals surface area contributed by atoms with E-state index in [2.05, 4.69) is 21.2 Å². The third-order valence-electron chi connectivity index (χ3n) is 2.43. The minimum absolute atomic E-state index is 0.0373. The first-order valence-electron chi connectivity index (χ1n) is 5.22. The normalized spacial score (nSPS) is 10.4. The fraction of sp³-hybridized carbons (Fsp3) is 0.0769. The zero-order valence-corrected chi connectivity index (χ0v) is 11.6. The lowest BCUT2D eigenvalue weighted by atomic mass is 10.2. The first-order valence-corrected chi connectivity index (χ1v) is 6.39. The van der Waals surface area contributed by atoms with Gasteiger partial charge in [0.15, 0.2) is 0 Å². The number of hydrogen-bond donors (Lipinski definition) is 2. The summed E-state index contributed by atoms with van der Waals surface area (Å²) in [5, 5.41) is 12.5. The number of rotatable bonds is 3. The Hall–Kier alpha value is -1.26. The summed E-state index contributed by atoms with van der Waals surface area (Å²) in [5.41, 5.74) is 1.28. The highest BCUT2D eigenvalue weighted by Crippen LogP contribution is 2.25. The lowest BCUT2D eigenvalue weighted by molar-refractivity contribution is 0.475. The quantitative estimate of drug-likeness (QED) is 0.864. The molecule has 2 rings (SSSR count). The number of halogens is 3. The summed E-state index contributed by atoms with van der Waals surface area (Å²) < 4.78 is 14.2. The molecule has 0 saturated carbocycles. The third-order valence-corrected chi connectivity index (χ3v) is 3.22. The van der Waals surface area contributed by atoms with Gasteiger partial charge in [0.2, 0.25) is 0 Å². The van der Waals surface area contributed by atoms with Crippen molar-refractivity contribution < 1.29 is 9.50 Å². The minimum Gasteiger partial charge on any atom is -0.506 e. The van der Waals surface area contributed by atoms with Gasteiger partial charge in [-0.15, -0.1) is 0 Å². The molecule has 0 aliphatic rings. The zero-order chi connectivity index (χ0) is 13.1. The fourth-order valence-corrected chi connectivity index (χ4v) is 2.03. The molecule has 0 atom stereocenters. The van der Waals surface area contributed by atoms with Crippen LogP contribution in [0.25, 0.3) is 0 Å². The Balaban J connectivity index is 2.09. The van der Waals surface area contributed by atoms with Gasteiger partial charge in [0.1, 0.15) is 11.6 Å². The van der Waals surface area contributed by atoms with Crippen LogP contribution in [0, 0.1) is 5.82 Å². The molecule has 2 N–H and O–H groups in total. The molecule has 2 aromatic rings. The summed E-state index contributed by atoms with van der Waals surface area (Å²) in [6.45, 7) is 0.429. The van der Waals surface area contributed by atoms with E-state index >= 15 is 0 Å². The van der Waals surface area contributed by atoms with Crippen molar-refractivity contribution >= 4 is 33.2 Å². The second-order valence-electron chi connectivity index (χ2n) is 3.76. The molecule has 0 bridgehead atoms. The maximum absolute atomic E-state index is 13.5. The highest BCUT2D eigenvalue weighted by atomic mass is 79.9. The molecule has 0 aromatic heterocycles. The van der Waals surface area contributed by atoms with Crippen molar-refractivity contribution in [2.24, 2.45) is 0 Å². The lowest BCUT2D eigenvalue weighted by Crippen LogP contribution is -2.01. The van der Waals surface area contributed by atoms with E-state index < -0.39 is 0 Å². The van der Waals surface area contributed by atoms with Crippen molar-refractivity contribution in [3.8, 4) is 5.75 Å². The Morgan fingerprint density at radius 1 is 1.22 bits per heavy atom. The minimum atomic E-state index is -0.325. The van der Waals surface area contributed by atoms with E-state index in [0.717, 1.165) is 5.56 Å². The van der Waals surface area contributed by atoms with Crippen LogP contribution in [-0.2, 0) is 6.54 Å². The van der Waals surface area contributed by atoms with Gasteiger partial charge in [-0.1, -0.05) is 33.6 Å². The van der Waals surface area contributed by atoms with E-state index in [1.807, 2.05) is 0 Å². The van der Waals surface area contributed by atoms with Gasteiger partial charge in [-0.25, -0.2) is 4.39 Å². The molecule has 2 nitrogen and oxygen atoms in total. The number of anilines is 1. The van der Waals surface area contributed by atoms with Gasteiger partial charge in [-0.3, -0.25) is 0 Å². The van der Waals surface area contributed by atoms with E-state index in [1.54, 1.807) is 24.3 Å². The number of nitrogens with one attached hydrogen (secondary N) is 1. The molecule has 0 saturated heterocycles. The van der Waals surface area contributed by atoms with Crippen LogP contribution in [0.1, 0.15) is 5.56 Å². The Morgan fingerprint density at radius 3 is 2.67 bits per heavy atom. The second-order valence-corrected chi connectivity index (χ2v) is 5.09. The van der Waals surface area contributed by atoms with Gasteiger partial charge in [0, 0.05) is 11.0 Å². The van der Waals surface area contributed by atoms with Gasteiger partial charge in [0.25, 0.3) is 0 Å². The molecular formula is C13H10BrClFNO. The number of phenolic OH excluding ortho intramolecular Hbond substituents is 1. The number of benzene rings is 2. The Kier molecular flexibility index (Phi) is 4.09. The molecule has 18 heavy (non-hydrogen) atoms. The lowest BCUT2D eigenvalue weighted by Gasteiger charge is -2.08. The molecule has 94 valence electrons. The monoisotopic (exact) mass is 329 g/mol. The largest absolute Gasteiger partial charge is 0.506 e. The highest BCUT2D eigenvalue weighted by Gasteiger charge is 2.04. The summed E-state index contributed by atoms with van der Waals surface area (Å²) in [4.78, 5) is 0. The summed E-state index contributed by atoms with van der Waals surface area (Å²) in [5.74, 6) is -0.288. The zero-order valence-electron chi connectivity index (χ0n) is 9.25. The van der Waals surface area contributed by atoms with E-state index in [1.165, 1.54) is 12.1 Å². The van der Waals surface area contributed by atoms with Gasteiger partial charge in [-0.2, -0.15) is 0 Å². The van der Waals surface area contributed by atoms with Crippen LogP contribution in [0.3, 0.4) is 0 Å². The number of phenols is 1. The molecule has 0 radical (unpaired) electrons. The van der Waals surface area contributed by atoms with Crippen molar-refractivity contribution in [1.29, 1.82) is 0 Å². The molecule has 0 amide bonds.